The van der Waals surface area contributed by atoms with Crippen LogP contribution in [0.25, 0.3) is 0 Å². The van der Waals surface area contributed by atoms with Crippen LogP contribution < -0.4 is 0 Å². The molecule has 0 amide bonds. The average molecular weight is 853 g/mol. The molecule has 26 nitrogen and oxygen atoms in total. The Morgan fingerprint density at radius 2 is 0.879 bits per heavy atom. The van der Waals surface area contributed by atoms with Crippen LogP contribution >= 0.6 is 0 Å². The van der Waals surface area contributed by atoms with Gasteiger partial charge < -0.3 is 113 Å². The molecular weight excluding hydrogens is 800 g/mol. The molecule has 0 aromatic heterocycles. The summed E-state index contributed by atoms with van der Waals surface area (Å²) in [6.45, 7) is -4.08. The van der Waals surface area contributed by atoms with Crippen molar-refractivity contribution in [1.29, 1.82) is 0 Å². The summed E-state index contributed by atoms with van der Waals surface area (Å²) in [6.07, 6.45) is -33.7. The van der Waals surface area contributed by atoms with Gasteiger partial charge >= 0.3 is 17.9 Å². The largest absolute Gasteiger partial charge is 0.480 e. The molecule has 12 N–H and O–H groups in total. The zero-order chi connectivity index (χ0) is 43.0. The summed E-state index contributed by atoms with van der Waals surface area (Å²) < 4.78 is 60.7. The van der Waals surface area contributed by atoms with Crippen LogP contribution in [0.15, 0.2) is 0 Å². The number of rotatable bonds is 20. The summed E-state index contributed by atoms with van der Waals surface area (Å²) in [5, 5.41) is 124. The Bertz CT molecular complexity index is 1310. The van der Waals surface area contributed by atoms with E-state index in [0.29, 0.717) is 0 Å². The molecule has 336 valence electrons. The molecule has 0 radical (unpaired) electrons. The Kier molecular flexibility index (Phi) is 18.2. The first-order valence-corrected chi connectivity index (χ1v) is 18.0. The van der Waals surface area contributed by atoms with E-state index in [2.05, 4.69) is 0 Å². The van der Waals surface area contributed by atoms with E-state index in [9.17, 15) is 65.4 Å². The molecule has 26 heteroatoms. The predicted molar refractivity (Wildman–Crippen MR) is 176 cm³/mol. The van der Waals surface area contributed by atoms with Crippen molar-refractivity contribution >= 4 is 17.9 Å². The van der Waals surface area contributed by atoms with Crippen molar-refractivity contribution < 1.29 is 128 Å². The quantitative estimate of drug-likeness (QED) is 0.0541. The number of carboxylic acid groups (broad SMARTS) is 3. The molecule has 4 saturated heterocycles. The first-order valence-electron chi connectivity index (χ1n) is 18.0. The Morgan fingerprint density at radius 1 is 0.483 bits per heavy atom. The van der Waals surface area contributed by atoms with E-state index in [1.807, 2.05) is 0 Å². The SMILES string of the molecule is CO[C@@H]1C(COCC(=O)O)O[C@@H](O[C@@H]2C(CO)O[C@@H](O[C@@H]3C(CO)O[C@@H](O[C@@H]4C(COCC(=O)O)O[C@@H](C)C(O)C4O)C(O)[C@H]3O)C(OCC(=O)O)C2O)C(O)[C@H]1O. The molecule has 0 bridgehead atoms. The Balaban J connectivity index is 1.52. The van der Waals surface area contributed by atoms with E-state index in [-0.39, 0.29) is 0 Å². The number of carboxylic acids is 3. The van der Waals surface area contributed by atoms with E-state index in [1.54, 1.807) is 0 Å². The van der Waals surface area contributed by atoms with E-state index in [1.165, 1.54) is 14.0 Å². The van der Waals surface area contributed by atoms with E-state index in [4.69, 9.17) is 62.3 Å². The first-order chi connectivity index (χ1) is 27.4. The van der Waals surface area contributed by atoms with Crippen molar-refractivity contribution in [1.82, 2.24) is 0 Å². The van der Waals surface area contributed by atoms with Gasteiger partial charge in [-0.15, -0.1) is 0 Å². The number of hydrogen-bond donors (Lipinski definition) is 12. The third kappa shape index (κ3) is 11.7. The zero-order valence-electron chi connectivity index (χ0n) is 31.1. The lowest BCUT2D eigenvalue weighted by Gasteiger charge is -2.49. The second-order valence-electron chi connectivity index (χ2n) is 13.8. The Morgan fingerprint density at radius 3 is 1.36 bits per heavy atom. The lowest BCUT2D eigenvalue weighted by atomic mass is 9.94. The van der Waals surface area contributed by atoms with Crippen molar-refractivity contribution in [2.75, 3.05) is 53.4 Å². The highest BCUT2D eigenvalue weighted by Crippen LogP contribution is 2.35. The minimum atomic E-state index is -2.08. The minimum Gasteiger partial charge on any atom is -0.480 e. The molecular formula is C32H52O26. The van der Waals surface area contributed by atoms with Gasteiger partial charge in [0, 0.05) is 7.11 Å². The zero-order valence-corrected chi connectivity index (χ0v) is 31.1. The number of aliphatic hydroxyl groups excluding tert-OH is 9. The maximum absolute atomic E-state index is 11.5. The molecule has 58 heavy (non-hydrogen) atoms. The van der Waals surface area contributed by atoms with E-state index >= 15 is 0 Å². The van der Waals surface area contributed by atoms with Gasteiger partial charge in [-0.05, 0) is 6.92 Å². The maximum atomic E-state index is 11.5. The van der Waals surface area contributed by atoms with Crippen LogP contribution in [0.4, 0.5) is 0 Å². The highest BCUT2D eigenvalue weighted by atomic mass is 16.8. The predicted octanol–water partition coefficient (Wildman–Crippen LogP) is -7.70. The fourth-order valence-electron chi connectivity index (χ4n) is 6.86. The Hall–Kier alpha value is -2.39. The topological polar surface area (TPSA) is 396 Å². The summed E-state index contributed by atoms with van der Waals surface area (Å²) in [6, 6.07) is 0. The first kappa shape index (κ1) is 48.3. The number of aliphatic hydroxyl groups is 9. The van der Waals surface area contributed by atoms with Gasteiger partial charge in [0.15, 0.2) is 18.9 Å². The van der Waals surface area contributed by atoms with Crippen LogP contribution in [0.1, 0.15) is 6.92 Å². The number of carbonyl (C=O) groups is 3. The lowest BCUT2D eigenvalue weighted by molar-refractivity contribution is -0.388. The van der Waals surface area contributed by atoms with Crippen molar-refractivity contribution in [2.24, 2.45) is 0 Å². The van der Waals surface area contributed by atoms with E-state index < -0.39 is 187 Å². The van der Waals surface area contributed by atoms with Crippen LogP contribution in [-0.2, 0) is 66.5 Å². The van der Waals surface area contributed by atoms with Crippen molar-refractivity contribution in [3.63, 3.8) is 0 Å². The second-order valence-corrected chi connectivity index (χ2v) is 13.8. The lowest BCUT2D eigenvalue weighted by Crippen LogP contribution is -2.68. The van der Waals surface area contributed by atoms with Gasteiger partial charge in [0.2, 0.25) is 0 Å². The van der Waals surface area contributed by atoms with Crippen molar-refractivity contribution in [2.45, 2.75) is 130 Å². The highest BCUT2D eigenvalue weighted by molar-refractivity contribution is 5.68. The number of aliphatic carboxylic acids is 3. The molecule has 0 aromatic carbocycles. The molecule has 4 aliphatic heterocycles. The third-order valence-corrected chi connectivity index (χ3v) is 9.74. The summed E-state index contributed by atoms with van der Waals surface area (Å²) in [7, 11) is 1.17. The van der Waals surface area contributed by atoms with E-state index in [0.717, 1.165) is 0 Å². The summed E-state index contributed by atoms with van der Waals surface area (Å²) >= 11 is 0. The summed E-state index contributed by atoms with van der Waals surface area (Å²) in [5.74, 6) is -4.18. The molecule has 0 aliphatic carbocycles. The molecule has 4 fully saturated rings. The molecule has 0 spiro atoms. The molecule has 10 unspecified atom stereocenters. The molecule has 4 heterocycles. The third-order valence-electron chi connectivity index (χ3n) is 9.74. The van der Waals surface area contributed by atoms with Crippen LogP contribution in [0.3, 0.4) is 0 Å². The molecule has 0 aromatic rings. The minimum absolute atomic E-state index is 0.469. The highest BCUT2D eigenvalue weighted by Gasteiger charge is 2.56. The summed E-state index contributed by atoms with van der Waals surface area (Å²) in [5.41, 5.74) is 0. The second kappa shape index (κ2) is 21.9. The van der Waals surface area contributed by atoms with Crippen LogP contribution in [0.5, 0.6) is 0 Å². The number of ether oxygens (including phenoxy) is 11. The van der Waals surface area contributed by atoms with Gasteiger partial charge in [-0.1, -0.05) is 0 Å². The monoisotopic (exact) mass is 852 g/mol. The van der Waals surface area contributed by atoms with Gasteiger partial charge in [-0.3, -0.25) is 0 Å². The van der Waals surface area contributed by atoms with Crippen LogP contribution in [0.2, 0.25) is 0 Å². The molecule has 0 saturated carbocycles. The van der Waals surface area contributed by atoms with Crippen LogP contribution in [-0.4, -0.2) is 255 Å². The fraction of sp³-hybridized carbons (Fsp3) is 0.906. The maximum Gasteiger partial charge on any atom is 0.329 e. The smallest absolute Gasteiger partial charge is 0.329 e. The number of methoxy groups -OCH3 is 1. The van der Waals surface area contributed by atoms with Gasteiger partial charge in [0.25, 0.3) is 0 Å². The molecule has 4 rings (SSSR count). The van der Waals surface area contributed by atoms with Gasteiger partial charge in [-0.2, -0.15) is 0 Å². The molecule has 4 aliphatic rings. The van der Waals surface area contributed by atoms with Gasteiger partial charge in [0.05, 0.1) is 32.5 Å². The average Bonchev–Trinajstić information content (AvgIpc) is 3.17. The fourth-order valence-corrected chi connectivity index (χ4v) is 6.86. The van der Waals surface area contributed by atoms with Gasteiger partial charge in [-0.25, -0.2) is 14.4 Å². The van der Waals surface area contributed by atoms with Gasteiger partial charge in [0.1, 0.15) is 117 Å². The number of hydrogen-bond acceptors (Lipinski definition) is 23. The summed E-state index contributed by atoms with van der Waals surface area (Å²) in [4.78, 5) is 33.4. The standard InChI is InChI=1S/C32H52O26/c1-10-18(41)19(42)28(14(52-10)6-50-8-16(37)38)57-30-23(46)21(44)26(11(3-33)53-30)58-32-29(51-9-17(39)40)24(47)27(12(4-34)54-32)56-31-22(45)20(43)25(48-2)13(55-31)5-49-7-15(35)36/h10-14,18-34,41-47H,3-9H2,1-2H3,(H,35,36)(H,37,38)(H,39,40)/t10-,11?,12?,13?,14?,18?,19?,20+,21+,22?,23?,24?,25+,26+,27+,28+,29?,30-,31-,32-/m0/s1. The molecule has 20 atom stereocenters. The van der Waals surface area contributed by atoms with Crippen molar-refractivity contribution in [3.8, 4) is 0 Å². The Labute approximate surface area is 328 Å². The van der Waals surface area contributed by atoms with Crippen LogP contribution in [0, 0.1) is 0 Å². The normalized spacial score (nSPS) is 43.5. The van der Waals surface area contributed by atoms with Crippen molar-refractivity contribution in [3.05, 3.63) is 0 Å².